The molecule has 0 atom stereocenters. The van der Waals surface area contributed by atoms with Crippen LogP contribution in [0.3, 0.4) is 0 Å². The quantitative estimate of drug-likeness (QED) is 0.116. The highest BCUT2D eigenvalue weighted by molar-refractivity contribution is 6.09. The maximum atomic E-state index is 12.8. The second-order valence-corrected chi connectivity index (χ2v) is 7.65. The summed E-state index contributed by atoms with van der Waals surface area (Å²) in [5, 5.41) is 17.9. The average molecular weight is 541 g/mol. The normalized spacial score (nSPS) is 9.97. The number of hydrogen-bond donors (Lipinski definition) is 10. The van der Waals surface area contributed by atoms with Crippen molar-refractivity contribution >= 4 is 65.6 Å². The van der Waals surface area contributed by atoms with Gasteiger partial charge < -0.3 is 47.7 Å². The lowest BCUT2D eigenvalue weighted by Crippen LogP contribution is -2.37. The number of carbonyl (C=O) groups is 3. The van der Waals surface area contributed by atoms with Crippen molar-refractivity contribution in [3.8, 4) is 0 Å². The second kappa shape index (κ2) is 12.6. The Kier molecular flexibility index (Phi) is 10.4. The van der Waals surface area contributed by atoms with E-state index in [1.54, 1.807) is 27.0 Å². The predicted molar refractivity (Wildman–Crippen MR) is 144 cm³/mol. The number of nitrogens with one attached hydrogen (secondary N) is 8. The van der Waals surface area contributed by atoms with Gasteiger partial charge in [-0.25, -0.2) is 0 Å². The topological polar surface area (TPSA) is 223 Å². The van der Waals surface area contributed by atoms with E-state index >= 15 is 0 Å². The van der Waals surface area contributed by atoms with Gasteiger partial charge in [-0.3, -0.25) is 19.8 Å². The van der Waals surface area contributed by atoms with Crippen molar-refractivity contribution in [1.82, 2.24) is 25.6 Å². The largest absolute Gasteiger partial charge is 0.397 e. The zero-order valence-corrected chi connectivity index (χ0v) is 21.5. The molecule has 0 bridgehead atoms. The van der Waals surface area contributed by atoms with Gasteiger partial charge in [0.25, 0.3) is 17.7 Å². The van der Waals surface area contributed by atoms with E-state index in [1.807, 2.05) is 0 Å². The molecule has 15 heteroatoms. The highest BCUT2D eigenvalue weighted by atomic mass is 35.5. The van der Waals surface area contributed by atoms with Gasteiger partial charge in [0.1, 0.15) is 17.1 Å². The summed E-state index contributed by atoms with van der Waals surface area (Å²) in [5.74, 6) is -1.34. The number of H-pyrrole nitrogens is 3. The summed E-state index contributed by atoms with van der Waals surface area (Å²) in [4.78, 5) is 46.3. The Hall–Kier alpha value is -4.10. The molecule has 36 heavy (non-hydrogen) atoms. The highest BCUT2D eigenvalue weighted by Gasteiger charge is 2.21. The van der Waals surface area contributed by atoms with E-state index in [2.05, 4.69) is 36.2 Å². The van der Waals surface area contributed by atoms with Crippen LogP contribution in [0.5, 0.6) is 0 Å². The van der Waals surface area contributed by atoms with Crippen molar-refractivity contribution in [2.75, 3.05) is 29.5 Å². The maximum Gasteiger partial charge on any atom is 0.272 e. The van der Waals surface area contributed by atoms with Crippen molar-refractivity contribution in [3.05, 3.63) is 52.4 Å². The Morgan fingerprint density at radius 1 is 0.750 bits per heavy atom. The van der Waals surface area contributed by atoms with Crippen molar-refractivity contribution in [3.63, 3.8) is 0 Å². The van der Waals surface area contributed by atoms with E-state index in [-0.39, 0.29) is 54.8 Å². The number of nitrogen functional groups attached to an aromatic ring is 1. The fourth-order valence-electron chi connectivity index (χ4n) is 3.30. The molecule has 0 spiro atoms. The lowest BCUT2D eigenvalue weighted by Gasteiger charge is -2.08. The number of guanidine groups is 1. The Morgan fingerprint density at radius 2 is 1.17 bits per heavy atom. The molecule has 196 valence electrons. The van der Waals surface area contributed by atoms with Gasteiger partial charge in [0.05, 0.1) is 17.1 Å². The van der Waals surface area contributed by atoms with Gasteiger partial charge in [0.2, 0.25) is 0 Å². The molecule has 0 radical (unpaired) electrons. The minimum Gasteiger partial charge on any atom is -0.397 e. The standard InChI is InChI=1S/C21H28N10O3.2ClH/c1-9-12(22)6-27-15(9)19(33)30-14-8-29-17(11(14)3)20(34)31-13-7-28-16(10(13)2)18(32)25-4-5-26-21(23)24;;/h6-8,27-29H,4-5,22H2,1-3H3,(H,25,32)(H,30,33)(H,31,34)(H4,23,24,26);2*1H. The van der Waals surface area contributed by atoms with Crippen molar-refractivity contribution in [2.24, 2.45) is 5.73 Å². The molecule has 0 aliphatic heterocycles. The van der Waals surface area contributed by atoms with E-state index in [4.69, 9.17) is 16.9 Å². The van der Waals surface area contributed by atoms with Gasteiger partial charge in [0, 0.05) is 48.4 Å². The van der Waals surface area contributed by atoms with Crippen LogP contribution in [0.2, 0.25) is 0 Å². The number of carbonyl (C=O) groups excluding carboxylic acids is 3. The Morgan fingerprint density at radius 3 is 1.61 bits per heavy atom. The summed E-state index contributed by atoms with van der Waals surface area (Å²) in [6.45, 7) is 5.72. The number of hydrogen-bond acceptors (Lipinski definition) is 5. The smallest absolute Gasteiger partial charge is 0.272 e. The second-order valence-electron chi connectivity index (χ2n) is 7.65. The molecule has 0 saturated heterocycles. The number of aromatic amines is 3. The Balaban J connectivity index is 0.00000324. The van der Waals surface area contributed by atoms with Crippen LogP contribution in [-0.4, -0.2) is 51.7 Å². The Bertz CT molecular complexity index is 1260. The molecule has 3 heterocycles. The number of amides is 3. The number of anilines is 3. The van der Waals surface area contributed by atoms with Gasteiger partial charge in [-0.15, -0.1) is 24.8 Å². The third-order valence-electron chi connectivity index (χ3n) is 5.36. The number of aromatic nitrogens is 3. The van der Waals surface area contributed by atoms with Crippen molar-refractivity contribution in [2.45, 2.75) is 20.8 Å². The first kappa shape index (κ1) is 29.9. The molecule has 3 rings (SSSR count). The van der Waals surface area contributed by atoms with E-state index in [1.165, 1.54) is 12.4 Å². The van der Waals surface area contributed by atoms with E-state index in [9.17, 15) is 14.4 Å². The zero-order valence-electron chi connectivity index (χ0n) is 19.8. The summed E-state index contributed by atoms with van der Waals surface area (Å²) in [6, 6.07) is 0. The lowest BCUT2D eigenvalue weighted by molar-refractivity contribution is 0.0947. The zero-order chi connectivity index (χ0) is 25.0. The van der Waals surface area contributed by atoms with Crippen LogP contribution < -0.4 is 32.7 Å². The Labute approximate surface area is 219 Å². The lowest BCUT2D eigenvalue weighted by atomic mass is 10.2. The first-order valence-corrected chi connectivity index (χ1v) is 10.4. The predicted octanol–water partition coefficient (Wildman–Crippen LogP) is 1.74. The fourth-order valence-corrected chi connectivity index (χ4v) is 3.30. The van der Waals surface area contributed by atoms with Crippen molar-refractivity contribution < 1.29 is 14.4 Å². The first-order valence-electron chi connectivity index (χ1n) is 10.4. The minimum atomic E-state index is -0.432. The van der Waals surface area contributed by atoms with Crippen LogP contribution in [-0.2, 0) is 0 Å². The van der Waals surface area contributed by atoms with E-state index < -0.39 is 5.91 Å². The van der Waals surface area contributed by atoms with Crippen LogP contribution in [0, 0.1) is 26.2 Å². The summed E-state index contributed by atoms with van der Waals surface area (Å²) < 4.78 is 0. The van der Waals surface area contributed by atoms with E-state index in [0.29, 0.717) is 51.7 Å². The molecule has 12 N–H and O–H groups in total. The van der Waals surface area contributed by atoms with Crippen molar-refractivity contribution in [1.29, 1.82) is 5.41 Å². The molecule has 13 nitrogen and oxygen atoms in total. The molecule has 0 aromatic carbocycles. The van der Waals surface area contributed by atoms with Gasteiger partial charge >= 0.3 is 0 Å². The minimum absolute atomic E-state index is 0. The number of nitrogens with two attached hydrogens (primary N) is 2. The molecular formula is C21H30Cl2N10O3. The molecule has 3 amide bonds. The van der Waals surface area contributed by atoms with Crippen LogP contribution in [0.15, 0.2) is 18.6 Å². The summed E-state index contributed by atoms with van der Waals surface area (Å²) in [5.41, 5.74) is 15.0. The first-order chi connectivity index (χ1) is 16.1. The molecule has 3 aromatic rings. The van der Waals surface area contributed by atoms with Gasteiger partial charge in [0.15, 0.2) is 5.96 Å². The molecule has 3 aromatic heterocycles. The summed E-state index contributed by atoms with van der Waals surface area (Å²) in [7, 11) is 0. The van der Waals surface area contributed by atoms with Crippen LogP contribution in [0.1, 0.15) is 48.2 Å². The maximum absolute atomic E-state index is 12.8. The van der Waals surface area contributed by atoms with Gasteiger partial charge in [-0.2, -0.15) is 0 Å². The summed E-state index contributed by atoms with van der Waals surface area (Å²) >= 11 is 0. The number of halogens is 2. The molecule has 0 saturated carbocycles. The highest BCUT2D eigenvalue weighted by Crippen LogP contribution is 2.24. The molecule has 0 aliphatic carbocycles. The monoisotopic (exact) mass is 540 g/mol. The third-order valence-corrected chi connectivity index (χ3v) is 5.36. The van der Waals surface area contributed by atoms with Gasteiger partial charge in [-0.05, 0) is 20.8 Å². The fraction of sp³-hybridized carbons (Fsp3) is 0.238. The summed E-state index contributed by atoms with van der Waals surface area (Å²) in [6.07, 6.45) is 4.60. The van der Waals surface area contributed by atoms with Crippen LogP contribution >= 0.6 is 24.8 Å². The SMILES string of the molecule is Cc1c(N)c[nH]c1C(=O)Nc1c[nH]c(C(=O)Nc2c[nH]c(C(=O)NCCNC(=N)N)c2C)c1C.Cl.Cl. The molecule has 0 fully saturated rings. The average Bonchev–Trinajstić information content (AvgIpc) is 3.43. The molecule has 0 unspecified atom stereocenters. The van der Waals surface area contributed by atoms with Gasteiger partial charge in [-0.1, -0.05) is 0 Å². The third kappa shape index (κ3) is 6.52. The van der Waals surface area contributed by atoms with E-state index in [0.717, 1.165) is 0 Å². The molecule has 0 aliphatic rings. The van der Waals surface area contributed by atoms with Crippen LogP contribution in [0.4, 0.5) is 17.1 Å². The number of rotatable bonds is 8. The molecular weight excluding hydrogens is 511 g/mol. The van der Waals surface area contributed by atoms with Crippen LogP contribution in [0.25, 0.3) is 0 Å².